The summed E-state index contributed by atoms with van der Waals surface area (Å²) in [5.41, 5.74) is 0. The standard InChI is InChI=1S/C19H28ClN3O6S2/c1-13(28-2)17(19(25)22-8-10-29-11-9-22)23-7-5-15(18(23)24)21-31(26,27)12-6-14-3-4-16(20)30-14/h3-4,13,15,17,21H,5-12H2,1-2H3/t13-,15+,17+/m1/s1. The molecule has 0 bridgehead atoms. The van der Waals surface area contributed by atoms with Gasteiger partial charge in [-0.3, -0.25) is 9.59 Å². The van der Waals surface area contributed by atoms with E-state index >= 15 is 0 Å². The molecule has 31 heavy (non-hydrogen) atoms. The van der Waals surface area contributed by atoms with Crippen molar-refractivity contribution in [2.75, 3.05) is 45.7 Å². The topological polar surface area (TPSA) is 105 Å². The van der Waals surface area contributed by atoms with Crippen LogP contribution in [0, 0.1) is 0 Å². The summed E-state index contributed by atoms with van der Waals surface area (Å²) >= 11 is 7.22. The van der Waals surface area contributed by atoms with Gasteiger partial charge >= 0.3 is 0 Å². The molecule has 1 aromatic heterocycles. The van der Waals surface area contributed by atoms with Gasteiger partial charge in [-0.1, -0.05) is 11.6 Å². The monoisotopic (exact) mass is 493 g/mol. The zero-order valence-electron chi connectivity index (χ0n) is 17.6. The summed E-state index contributed by atoms with van der Waals surface area (Å²) in [4.78, 5) is 30.1. The Morgan fingerprint density at radius 3 is 2.68 bits per heavy atom. The number of methoxy groups -OCH3 is 1. The molecule has 2 amide bonds. The highest BCUT2D eigenvalue weighted by atomic mass is 35.5. The minimum absolute atomic E-state index is 0.141. The molecule has 12 heteroatoms. The van der Waals surface area contributed by atoms with Gasteiger partial charge in [0, 0.05) is 31.6 Å². The van der Waals surface area contributed by atoms with E-state index in [2.05, 4.69) is 4.72 Å². The van der Waals surface area contributed by atoms with E-state index in [-0.39, 0.29) is 18.2 Å². The van der Waals surface area contributed by atoms with Gasteiger partial charge in [0.1, 0.15) is 12.1 Å². The van der Waals surface area contributed by atoms with Crippen LogP contribution in [0.3, 0.4) is 0 Å². The lowest BCUT2D eigenvalue weighted by atomic mass is 10.1. The largest absolute Gasteiger partial charge is 0.379 e. The van der Waals surface area contributed by atoms with Crippen LogP contribution in [0.4, 0.5) is 0 Å². The molecule has 0 aliphatic carbocycles. The van der Waals surface area contributed by atoms with Gasteiger partial charge in [0.15, 0.2) is 0 Å². The third-order valence-corrected chi connectivity index (χ3v) is 8.21. The lowest BCUT2D eigenvalue weighted by Crippen LogP contribution is -2.57. The third kappa shape index (κ3) is 6.17. The number of likely N-dealkylation sites (tertiary alicyclic amines) is 1. The Kier molecular flexibility index (Phi) is 8.33. The third-order valence-electron chi connectivity index (χ3n) is 5.54. The van der Waals surface area contributed by atoms with Crippen LogP contribution in [0.25, 0.3) is 0 Å². The molecular formula is C19H28ClN3O6S2. The summed E-state index contributed by atoms with van der Waals surface area (Å²) in [5.74, 6) is -0.750. The summed E-state index contributed by atoms with van der Waals surface area (Å²) in [7, 11) is -2.19. The minimum Gasteiger partial charge on any atom is -0.379 e. The van der Waals surface area contributed by atoms with E-state index in [1.165, 1.54) is 23.3 Å². The van der Waals surface area contributed by atoms with Crippen molar-refractivity contribution in [3.63, 3.8) is 0 Å². The van der Waals surface area contributed by atoms with Gasteiger partial charge in [0.25, 0.3) is 0 Å². The normalized spacial score (nSPS) is 22.0. The summed E-state index contributed by atoms with van der Waals surface area (Å²) in [6.07, 6.45) is 0.0841. The first-order chi connectivity index (χ1) is 14.7. The Labute approximate surface area is 191 Å². The molecular weight excluding hydrogens is 466 g/mol. The Morgan fingerprint density at radius 1 is 1.35 bits per heavy atom. The van der Waals surface area contributed by atoms with Gasteiger partial charge in [0.2, 0.25) is 21.8 Å². The lowest BCUT2D eigenvalue weighted by Gasteiger charge is -2.36. The Bertz CT molecular complexity index is 887. The number of amides is 2. The number of ether oxygens (including phenoxy) is 2. The average molecular weight is 494 g/mol. The number of nitrogens with one attached hydrogen (secondary N) is 1. The number of hydrogen-bond acceptors (Lipinski definition) is 7. The van der Waals surface area contributed by atoms with E-state index in [0.717, 1.165) is 4.88 Å². The van der Waals surface area contributed by atoms with Crippen LogP contribution >= 0.6 is 22.9 Å². The number of carbonyl (C=O) groups excluding carboxylic acids is 2. The van der Waals surface area contributed by atoms with E-state index in [4.69, 9.17) is 21.1 Å². The summed E-state index contributed by atoms with van der Waals surface area (Å²) in [6, 6.07) is 1.82. The van der Waals surface area contributed by atoms with Gasteiger partial charge in [-0.2, -0.15) is 0 Å². The average Bonchev–Trinajstić information content (AvgIpc) is 3.33. The first-order valence-electron chi connectivity index (χ1n) is 10.2. The number of carbonyl (C=O) groups is 2. The predicted molar refractivity (Wildman–Crippen MR) is 118 cm³/mol. The molecule has 2 fully saturated rings. The predicted octanol–water partition coefficient (Wildman–Crippen LogP) is 0.727. The molecule has 2 saturated heterocycles. The first kappa shape index (κ1) is 24.4. The molecule has 2 aliphatic rings. The molecule has 1 aromatic rings. The van der Waals surface area contributed by atoms with Crippen LogP contribution in [-0.2, 0) is 35.5 Å². The summed E-state index contributed by atoms with van der Waals surface area (Å²) in [5, 5.41) is 0. The quantitative estimate of drug-likeness (QED) is 0.543. The Hall–Kier alpha value is -1.24. The van der Waals surface area contributed by atoms with Crippen LogP contribution in [0.15, 0.2) is 12.1 Å². The Morgan fingerprint density at radius 2 is 2.06 bits per heavy atom. The number of sulfonamides is 1. The molecule has 0 saturated carbocycles. The van der Waals surface area contributed by atoms with Crippen LogP contribution in [-0.4, -0.2) is 93.9 Å². The van der Waals surface area contributed by atoms with Crippen molar-refractivity contribution in [1.29, 1.82) is 0 Å². The maximum atomic E-state index is 13.1. The fourth-order valence-corrected chi connectivity index (χ4v) is 6.25. The zero-order valence-corrected chi connectivity index (χ0v) is 20.0. The second-order valence-electron chi connectivity index (χ2n) is 7.59. The van der Waals surface area contributed by atoms with E-state index in [1.54, 1.807) is 24.0 Å². The summed E-state index contributed by atoms with van der Waals surface area (Å²) < 4.78 is 38.9. The molecule has 1 N–H and O–H groups in total. The fourth-order valence-electron chi connectivity index (χ4n) is 3.77. The van der Waals surface area contributed by atoms with Gasteiger partial charge in [-0.15, -0.1) is 11.3 Å². The maximum absolute atomic E-state index is 13.1. The second-order valence-corrected chi connectivity index (χ2v) is 11.3. The summed E-state index contributed by atoms with van der Waals surface area (Å²) in [6.45, 7) is 3.82. The maximum Gasteiger partial charge on any atom is 0.248 e. The molecule has 9 nitrogen and oxygen atoms in total. The second kappa shape index (κ2) is 10.6. The molecule has 3 heterocycles. The zero-order chi connectivity index (χ0) is 22.6. The Balaban J connectivity index is 1.64. The molecule has 0 spiro atoms. The number of hydrogen-bond donors (Lipinski definition) is 1. The number of halogens is 1. The lowest BCUT2D eigenvalue weighted by molar-refractivity contribution is -0.152. The molecule has 174 valence electrons. The smallest absolute Gasteiger partial charge is 0.248 e. The number of morpholine rings is 1. The van der Waals surface area contributed by atoms with E-state index < -0.39 is 34.1 Å². The van der Waals surface area contributed by atoms with Crippen molar-refractivity contribution in [2.24, 2.45) is 0 Å². The van der Waals surface area contributed by atoms with Crippen LogP contribution in [0.5, 0.6) is 0 Å². The first-order valence-corrected chi connectivity index (χ1v) is 13.0. The highest BCUT2D eigenvalue weighted by Crippen LogP contribution is 2.23. The van der Waals surface area contributed by atoms with Crippen molar-refractivity contribution in [3.8, 4) is 0 Å². The molecule has 0 radical (unpaired) electrons. The molecule has 2 aliphatic heterocycles. The molecule has 3 atom stereocenters. The van der Waals surface area contributed by atoms with E-state index in [1.807, 2.05) is 0 Å². The van der Waals surface area contributed by atoms with Crippen molar-refractivity contribution in [1.82, 2.24) is 14.5 Å². The van der Waals surface area contributed by atoms with Gasteiger partial charge in [-0.05, 0) is 31.9 Å². The minimum atomic E-state index is -3.68. The van der Waals surface area contributed by atoms with Crippen LogP contribution in [0.1, 0.15) is 18.2 Å². The molecule has 3 rings (SSSR count). The number of aryl methyl sites for hydroxylation is 1. The van der Waals surface area contributed by atoms with Gasteiger partial charge in [-0.25, -0.2) is 13.1 Å². The number of thiophene rings is 1. The van der Waals surface area contributed by atoms with Gasteiger partial charge < -0.3 is 19.3 Å². The van der Waals surface area contributed by atoms with Crippen LogP contribution in [0.2, 0.25) is 4.34 Å². The fraction of sp³-hybridized carbons (Fsp3) is 0.684. The van der Waals surface area contributed by atoms with Gasteiger partial charge in [0.05, 0.1) is 29.4 Å². The van der Waals surface area contributed by atoms with Crippen LogP contribution < -0.4 is 4.72 Å². The highest BCUT2D eigenvalue weighted by molar-refractivity contribution is 7.89. The SMILES string of the molecule is CO[C@H](C)[C@@H](C(=O)N1CCOCC1)N1CC[C@H](NS(=O)(=O)CCc2ccc(Cl)s2)C1=O. The van der Waals surface area contributed by atoms with Crippen molar-refractivity contribution in [2.45, 2.75) is 38.0 Å². The van der Waals surface area contributed by atoms with Crippen molar-refractivity contribution >= 4 is 44.8 Å². The molecule has 0 unspecified atom stereocenters. The van der Waals surface area contributed by atoms with E-state index in [0.29, 0.717) is 43.5 Å². The highest BCUT2D eigenvalue weighted by Gasteiger charge is 2.44. The van der Waals surface area contributed by atoms with E-state index in [9.17, 15) is 18.0 Å². The molecule has 0 aromatic carbocycles. The van der Waals surface area contributed by atoms with Crippen molar-refractivity contribution < 1.29 is 27.5 Å². The van der Waals surface area contributed by atoms with Crippen molar-refractivity contribution in [3.05, 3.63) is 21.3 Å². The number of nitrogens with zero attached hydrogens (tertiary/aromatic N) is 2. The number of rotatable bonds is 9.